The molecule has 2 amide bonds. The molecule has 0 bridgehead atoms. The molecule has 0 aromatic heterocycles. The van der Waals surface area contributed by atoms with Gasteiger partial charge in [0.15, 0.2) is 0 Å². The molecular formula is C31H34BrCl2N3O4S. The van der Waals surface area contributed by atoms with Gasteiger partial charge >= 0.3 is 0 Å². The van der Waals surface area contributed by atoms with Crippen LogP contribution in [0.25, 0.3) is 0 Å². The zero-order valence-electron chi connectivity index (χ0n) is 23.5. The van der Waals surface area contributed by atoms with Crippen molar-refractivity contribution in [3.05, 3.63) is 92.4 Å². The second-order valence-corrected chi connectivity index (χ2v) is 14.1. The smallest absolute Gasteiger partial charge is 0.264 e. The third kappa shape index (κ3) is 7.86. The van der Waals surface area contributed by atoms with Gasteiger partial charge in [-0.1, -0.05) is 82.7 Å². The van der Waals surface area contributed by atoms with Crippen molar-refractivity contribution in [3.63, 3.8) is 0 Å². The van der Waals surface area contributed by atoms with Crippen LogP contribution in [0.1, 0.15) is 50.2 Å². The van der Waals surface area contributed by atoms with Gasteiger partial charge in [0.1, 0.15) is 12.6 Å². The molecule has 3 aromatic carbocycles. The number of hydrogen-bond acceptors (Lipinski definition) is 4. The van der Waals surface area contributed by atoms with E-state index >= 15 is 0 Å². The molecule has 1 atom stereocenters. The molecule has 4 rings (SSSR count). The minimum Gasteiger partial charge on any atom is -0.352 e. The summed E-state index contributed by atoms with van der Waals surface area (Å²) < 4.78 is 29.8. The van der Waals surface area contributed by atoms with E-state index in [2.05, 4.69) is 21.2 Å². The molecule has 224 valence electrons. The van der Waals surface area contributed by atoms with E-state index in [9.17, 15) is 18.0 Å². The summed E-state index contributed by atoms with van der Waals surface area (Å²) in [6.07, 6.45) is 4.23. The maximum absolute atomic E-state index is 14.2. The lowest BCUT2D eigenvalue weighted by atomic mass is 10.1. The Balaban J connectivity index is 1.72. The molecule has 0 saturated heterocycles. The molecule has 0 radical (unpaired) electrons. The van der Waals surface area contributed by atoms with Gasteiger partial charge in [0.05, 0.1) is 20.6 Å². The van der Waals surface area contributed by atoms with Gasteiger partial charge in [0, 0.05) is 17.1 Å². The number of halogens is 3. The SMILES string of the molecule is CC[C@H](C(=O)NC1CCCC1)N(Cc1ccc(Cl)c(Cl)c1)C(=O)CN(c1ccc(Br)cc1)S(=O)(=O)c1ccc(C)cc1. The van der Waals surface area contributed by atoms with Gasteiger partial charge in [0.2, 0.25) is 11.8 Å². The van der Waals surface area contributed by atoms with Crippen LogP contribution in [0.4, 0.5) is 5.69 Å². The van der Waals surface area contributed by atoms with Gasteiger partial charge in [-0.3, -0.25) is 13.9 Å². The van der Waals surface area contributed by atoms with Crippen molar-refractivity contribution in [1.29, 1.82) is 0 Å². The van der Waals surface area contributed by atoms with Gasteiger partial charge in [-0.05, 0) is 80.3 Å². The van der Waals surface area contributed by atoms with Crippen LogP contribution in [0, 0.1) is 6.92 Å². The molecule has 3 aromatic rings. The Kier molecular flexibility index (Phi) is 11.0. The molecular weight excluding hydrogens is 661 g/mol. The summed E-state index contributed by atoms with van der Waals surface area (Å²) in [6, 6.07) is 17.5. The number of sulfonamides is 1. The molecule has 0 unspecified atom stereocenters. The lowest BCUT2D eigenvalue weighted by molar-refractivity contribution is -0.140. The first kappa shape index (κ1) is 32.3. The molecule has 11 heteroatoms. The van der Waals surface area contributed by atoms with Gasteiger partial charge < -0.3 is 10.2 Å². The highest BCUT2D eigenvalue weighted by molar-refractivity contribution is 9.10. The summed E-state index contributed by atoms with van der Waals surface area (Å²) in [6.45, 7) is 3.25. The van der Waals surface area contributed by atoms with E-state index in [-0.39, 0.29) is 23.4 Å². The maximum atomic E-state index is 14.2. The van der Waals surface area contributed by atoms with Crippen molar-refractivity contribution in [3.8, 4) is 0 Å². The number of hydrogen-bond donors (Lipinski definition) is 1. The molecule has 7 nitrogen and oxygen atoms in total. The van der Waals surface area contributed by atoms with E-state index in [1.165, 1.54) is 17.0 Å². The zero-order chi connectivity index (χ0) is 30.4. The maximum Gasteiger partial charge on any atom is 0.264 e. The number of nitrogens with zero attached hydrogens (tertiary/aromatic N) is 2. The molecule has 1 fully saturated rings. The summed E-state index contributed by atoms with van der Waals surface area (Å²) in [5.41, 5.74) is 1.90. The van der Waals surface area contributed by atoms with Crippen LogP contribution in [-0.2, 0) is 26.2 Å². The summed E-state index contributed by atoms with van der Waals surface area (Å²) in [7, 11) is -4.14. The highest BCUT2D eigenvalue weighted by Gasteiger charge is 2.34. The van der Waals surface area contributed by atoms with Crippen LogP contribution in [0.15, 0.2) is 76.1 Å². The number of carbonyl (C=O) groups excluding carboxylic acids is 2. The fourth-order valence-electron chi connectivity index (χ4n) is 5.10. The summed E-state index contributed by atoms with van der Waals surface area (Å²) in [5, 5.41) is 3.80. The van der Waals surface area contributed by atoms with E-state index in [4.69, 9.17) is 23.2 Å². The predicted octanol–water partition coefficient (Wildman–Crippen LogP) is 7.13. The summed E-state index contributed by atoms with van der Waals surface area (Å²) >= 11 is 15.8. The Morgan fingerprint density at radius 2 is 1.62 bits per heavy atom. The molecule has 1 saturated carbocycles. The van der Waals surface area contributed by atoms with Crippen molar-refractivity contribution in [2.45, 2.75) is 69.5 Å². The standard InChI is InChI=1S/C31H34BrCl2N3O4S/c1-3-29(31(39)35-24-6-4-5-7-24)36(19-22-10-17-27(33)28(34)18-22)30(38)20-37(25-13-11-23(32)12-14-25)42(40,41)26-15-8-21(2)9-16-26/h8-18,24,29H,3-7,19-20H2,1-2H3,(H,35,39)/t29-/m1/s1. The average molecular weight is 696 g/mol. The van der Waals surface area contributed by atoms with Crippen LogP contribution in [0.5, 0.6) is 0 Å². The number of carbonyl (C=O) groups is 2. The number of amides is 2. The third-order valence-electron chi connectivity index (χ3n) is 7.43. The molecule has 0 spiro atoms. The Labute approximate surface area is 266 Å². The van der Waals surface area contributed by atoms with E-state index in [1.54, 1.807) is 54.6 Å². The molecule has 0 aliphatic heterocycles. The lowest BCUT2D eigenvalue weighted by Gasteiger charge is -2.34. The zero-order valence-corrected chi connectivity index (χ0v) is 27.4. The number of benzene rings is 3. The topological polar surface area (TPSA) is 86.8 Å². The number of rotatable bonds is 11. The quantitative estimate of drug-likeness (QED) is 0.232. The molecule has 1 aliphatic carbocycles. The molecule has 1 aliphatic rings. The van der Waals surface area contributed by atoms with Crippen LogP contribution < -0.4 is 9.62 Å². The van der Waals surface area contributed by atoms with E-state index in [1.807, 2.05) is 13.8 Å². The minimum atomic E-state index is -4.14. The predicted molar refractivity (Wildman–Crippen MR) is 171 cm³/mol. The van der Waals surface area contributed by atoms with Crippen molar-refractivity contribution >= 4 is 66.7 Å². The van der Waals surface area contributed by atoms with Gasteiger partial charge in [0.25, 0.3) is 10.0 Å². The second kappa shape index (κ2) is 14.3. The van der Waals surface area contributed by atoms with Crippen LogP contribution >= 0.6 is 39.1 Å². The van der Waals surface area contributed by atoms with Crippen LogP contribution in [0.3, 0.4) is 0 Å². The van der Waals surface area contributed by atoms with Crippen LogP contribution in [-0.4, -0.2) is 43.8 Å². The molecule has 42 heavy (non-hydrogen) atoms. The Morgan fingerprint density at radius 3 is 2.21 bits per heavy atom. The van der Waals surface area contributed by atoms with Crippen LogP contribution in [0.2, 0.25) is 10.0 Å². The van der Waals surface area contributed by atoms with Gasteiger partial charge in [-0.15, -0.1) is 0 Å². The minimum absolute atomic E-state index is 0.0467. The lowest BCUT2D eigenvalue weighted by Crippen LogP contribution is -2.53. The summed E-state index contributed by atoms with van der Waals surface area (Å²) in [4.78, 5) is 29.2. The van der Waals surface area contributed by atoms with E-state index in [0.29, 0.717) is 27.7 Å². The molecule has 1 N–H and O–H groups in total. The van der Waals surface area contributed by atoms with Crippen molar-refractivity contribution in [2.24, 2.45) is 0 Å². The number of anilines is 1. The fourth-order valence-corrected chi connectivity index (χ4v) is 7.09. The first-order valence-corrected chi connectivity index (χ1v) is 16.9. The molecule has 0 heterocycles. The fraction of sp³-hybridized carbons (Fsp3) is 0.355. The largest absolute Gasteiger partial charge is 0.352 e. The van der Waals surface area contributed by atoms with E-state index < -0.39 is 28.5 Å². The number of nitrogens with one attached hydrogen (secondary N) is 1. The number of aryl methyl sites for hydroxylation is 1. The highest BCUT2D eigenvalue weighted by Crippen LogP contribution is 2.28. The third-order valence-corrected chi connectivity index (χ3v) is 10.5. The van der Waals surface area contributed by atoms with Crippen molar-refractivity contribution < 1.29 is 18.0 Å². The monoisotopic (exact) mass is 693 g/mol. The van der Waals surface area contributed by atoms with Gasteiger partial charge in [-0.25, -0.2) is 8.42 Å². The second-order valence-electron chi connectivity index (χ2n) is 10.5. The van der Waals surface area contributed by atoms with Crippen molar-refractivity contribution in [1.82, 2.24) is 10.2 Å². The van der Waals surface area contributed by atoms with E-state index in [0.717, 1.165) is 40.0 Å². The first-order chi connectivity index (χ1) is 20.0. The average Bonchev–Trinajstić information content (AvgIpc) is 3.47. The Hall–Kier alpha value is -2.59. The highest BCUT2D eigenvalue weighted by atomic mass is 79.9. The normalized spacial score (nSPS) is 14.4. The van der Waals surface area contributed by atoms with Gasteiger partial charge in [-0.2, -0.15) is 0 Å². The Morgan fingerprint density at radius 1 is 0.976 bits per heavy atom. The first-order valence-electron chi connectivity index (χ1n) is 13.9. The summed E-state index contributed by atoms with van der Waals surface area (Å²) in [5.74, 6) is -0.775. The van der Waals surface area contributed by atoms with Crippen molar-refractivity contribution in [2.75, 3.05) is 10.8 Å². The Bertz CT molecular complexity index is 1510.